The van der Waals surface area contributed by atoms with Crippen molar-refractivity contribution in [3.05, 3.63) is 29.3 Å². The fourth-order valence-electron chi connectivity index (χ4n) is 1.51. The van der Waals surface area contributed by atoms with Gasteiger partial charge in [-0.1, -0.05) is 19.1 Å². The van der Waals surface area contributed by atoms with E-state index >= 15 is 0 Å². The van der Waals surface area contributed by atoms with Crippen LogP contribution in [0.4, 0.5) is 0 Å². The van der Waals surface area contributed by atoms with Gasteiger partial charge in [0.15, 0.2) is 0 Å². The lowest BCUT2D eigenvalue weighted by atomic mass is 9.99. The van der Waals surface area contributed by atoms with Gasteiger partial charge < -0.3 is 10.5 Å². The summed E-state index contributed by atoms with van der Waals surface area (Å²) in [6.45, 7) is 4.14. The van der Waals surface area contributed by atoms with Crippen molar-refractivity contribution < 1.29 is 4.74 Å². The Morgan fingerprint density at radius 2 is 2.07 bits per heavy atom. The highest BCUT2D eigenvalue weighted by Crippen LogP contribution is 2.28. The minimum absolute atomic E-state index is 0. The summed E-state index contributed by atoms with van der Waals surface area (Å²) in [5.41, 5.74) is 8.33. The van der Waals surface area contributed by atoms with E-state index in [-0.39, 0.29) is 18.4 Å². The van der Waals surface area contributed by atoms with E-state index in [4.69, 9.17) is 10.5 Å². The fraction of sp³-hybridized carbons (Fsp3) is 0.455. The van der Waals surface area contributed by atoms with Gasteiger partial charge in [-0.2, -0.15) is 0 Å². The molecular weight excluding hydrogens is 198 g/mol. The van der Waals surface area contributed by atoms with Crippen LogP contribution in [0.15, 0.2) is 18.2 Å². The summed E-state index contributed by atoms with van der Waals surface area (Å²) in [7, 11) is 1.68. The Balaban J connectivity index is 0.00000169. The molecule has 1 aromatic carbocycles. The largest absolute Gasteiger partial charge is 0.496 e. The third kappa shape index (κ3) is 2.63. The maximum Gasteiger partial charge on any atom is 0.123 e. The van der Waals surface area contributed by atoms with Gasteiger partial charge in [0, 0.05) is 11.6 Å². The Morgan fingerprint density at radius 1 is 1.43 bits per heavy atom. The highest BCUT2D eigenvalue weighted by Gasteiger charge is 2.11. The van der Waals surface area contributed by atoms with E-state index in [9.17, 15) is 0 Å². The van der Waals surface area contributed by atoms with E-state index in [2.05, 4.69) is 19.9 Å². The van der Waals surface area contributed by atoms with E-state index < -0.39 is 0 Å². The maximum atomic E-state index is 5.99. The summed E-state index contributed by atoms with van der Waals surface area (Å²) in [6.07, 6.45) is 0.932. The van der Waals surface area contributed by atoms with Crippen LogP contribution in [0, 0.1) is 6.92 Å². The van der Waals surface area contributed by atoms with Crippen molar-refractivity contribution in [3.63, 3.8) is 0 Å². The number of aryl methyl sites for hydroxylation is 1. The molecule has 0 saturated carbocycles. The van der Waals surface area contributed by atoms with Crippen molar-refractivity contribution in [2.24, 2.45) is 5.73 Å². The Bertz CT molecular complexity index is 289. The van der Waals surface area contributed by atoms with Crippen LogP contribution in [-0.2, 0) is 0 Å². The van der Waals surface area contributed by atoms with Crippen molar-refractivity contribution in [1.82, 2.24) is 0 Å². The number of rotatable bonds is 3. The number of hydrogen-bond acceptors (Lipinski definition) is 2. The van der Waals surface area contributed by atoms with E-state index in [1.807, 2.05) is 12.1 Å². The zero-order valence-corrected chi connectivity index (χ0v) is 9.73. The zero-order valence-electron chi connectivity index (χ0n) is 8.91. The van der Waals surface area contributed by atoms with Crippen molar-refractivity contribution in [1.29, 1.82) is 0 Å². The minimum Gasteiger partial charge on any atom is -0.496 e. The summed E-state index contributed by atoms with van der Waals surface area (Å²) in [4.78, 5) is 0. The molecule has 0 aliphatic heterocycles. The van der Waals surface area contributed by atoms with Crippen LogP contribution in [0.1, 0.15) is 30.5 Å². The average molecular weight is 216 g/mol. The van der Waals surface area contributed by atoms with Crippen LogP contribution in [0.25, 0.3) is 0 Å². The summed E-state index contributed by atoms with van der Waals surface area (Å²) in [6, 6.07) is 6.08. The van der Waals surface area contributed by atoms with E-state index in [0.29, 0.717) is 0 Å². The highest BCUT2D eigenvalue weighted by atomic mass is 35.5. The molecule has 0 radical (unpaired) electrons. The summed E-state index contributed by atoms with van der Waals surface area (Å²) in [5.74, 6) is 0.898. The molecule has 0 heterocycles. The number of ether oxygens (including phenoxy) is 1. The number of methoxy groups -OCH3 is 1. The predicted molar refractivity (Wildman–Crippen MR) is 62.2 cm³/mol. The molecular formula is C11H18ClNO. The number of benzene rings is 1. The molecule has 0 aromatic heterocycles. The van der Waals surface area contributed by atoms with Crippen molar-refractivity contribution in [2.45, 2.75) is 26.3 Å². The summed E-state index contributed by atoms with van der Waals surface area (Å²) >= 11 is 0. The van der Waals surface area contributed by atoms with Gasteiger partial charge in [-0.25, -0.2) is 0 Å². The Kier molecular flexibility index (Phi) is 5.58. The van der Waals surface area contributed by atoms with Crippen molar-refractivity contribution in [2.75, 3.05) is 7.11 Å². The van der Waals surface area contributed by atoms with Crippen LogP contribution in [0.3, 0.4) is 0 Å². The molecule has 80 valence electrons. The third-order valence-electron chi connectivity index (χ3n) is 2.31. The smallest absolute Gasteiger partial charge is 0.123 e. The monoisotopic (exact) mass is 215 g/mol. The molecule has 2 nitrogen and oxygen atoms in total. The molecule has 14 heavy (non-hydrogen) atoms. The van der Waals surface area contributed by atoms with E-state index in [1.165, 1.54) is 5.56 Å². The number of nitrogens with two attached hydrogens (primary N) is 1. The first-order valence-electron chi connectivity index (χ1n) is 4.59. The van der Waals surface area contributed by atoms with Crippen LogP contribution in [-0.4, -0.2) is 7.11 Å². The quantitative estimate of drug-likeness (QED) is 0.842. The minimum atomic E-state index is 0. The van der Waals surface area contributed by atoms with Gasteiger partial charge in [-0.05, 0) is 25.0 Å². The molecule has 3 heteroatoms. The second-order valence-electron chi connectivity index (χ2n) is 3.21. The molecule has 0 spiro atoms. The standard InChI is InChI=1S/C11H17NO.ClH/c1-4-9(12)11-8(2)6-5-7-10(11)13-3;/h5-7,9H,4,12H2,1-3H3;1H. The van der Waals surface area contributed by atoms with Crippen molar-refractivity contribution in [3.8, 4) is 5.75 Å². The first-order chi connectivity index (χ1) is 6.20. The summed E-state index contributed by atoms with van der Waals surface area (Å²) < 4.78 is 5.27. The van der Waals surface area contributed by atoms with Crippen LogP contribution in [0.2, 0.25) is 0 Å². The van der Waals surface area contributed by atoms with Gasteiger partial charge in [0.2, 0.25) is 0 Å². The van der Waals surface area contributed by atoms with Gasteiger partial charge in [-0.3, -0.25) is 0 Å². The molecule has 0 aliphatic carbocycles. The lowest BCUT2D eigenvalue weighted by molar-refractivity contribution is 0.404. The lowest BCUT2D eigenvalue weighted by Gasteiger charge is -2.16. The predicted octanol–water partition coefficient (Wildman–Crippen LogP) is 2.84. The molecule has 0 amide bonds. The second-order valence-corrected chi connectivity index (χ2v) is 3.21. The Hall–Kier alpha value is -0.730. The van der Waals surface area contributed by atoms with Crippen LogP contribution < -0.4 is 10.5 Å². The first-order valence-corrected chi connectivity index (χ1v) is 4.59. The van der Waals surface area contributed by atoms with Gasteiger partial charge in [-0.15, -0.1) is 12.4 Å². The number of halogens is 1. The second kappa shape index (κ2) is 5.89. The van der Waals surface area contributed by atoms with Crippen molar-refractivity contribution >= 4 is 12.4 Å². The van der Waals surface area contributed by atoms with Crippen LogP contribution >= 0.6 is 12.4 Å². The molecule has 0 aliphatic rings. The Morgan fingerprint density at radius 3 is 2.57 bits per heavy atom. The fourth-order valence-corrected chi connectivity index (χ4v) is 1.51. The van der Waals surface area contributed by atoms with E-state index in [0.717, 1.165) is 17.7 Å². The molecule has 0 fully saturated rings. The topological polar surface area (TPSA) is 35.2 Å². The molecule has 2 N–H and O–H groups in total. The molecule has 1 rings (SSSR count). The Labute approximate surface area is 91.9 Å². The van der Waals surface area contributed by atoms with E-state index in [1.54, 1.807) is 7.11 Å². The molecule has 1 atom stereocenters. The normalized spacial score (nSPS) is 11.7. The highest BCUT2D eigenvalue weighted by molar-refractivity contribution is 5.85. The third-order valence-corrected chi connectivity index (χ3v) is 2.31. The number of hydrogen-bond donors (Lipinski definition) is 1. The van der Waals surface area contributed by atoms with Gasteiger partial charge in [0.25, 0.3) is 0 Å². The van der Waals surface area contributed by atoms with Gasteiger partial charge in [0.05, 0.1) is 7.11 Å². The van der Waals surface area contributed by atoms with Gasteiger partial charge in [0.1, 0.15) is 5.75 Å². The maximum absolute atomic E-state index is 5.99. The summed E-state index contributed by atoms with van der Waals surface area (Å²) in [5, 5.41) is 0. The molecule has 0 saturated heterocycles. The molecule has 1 unspecified atom stereocenters. The lowest BCUT2D eigenvalue weighted by Crippen LogP contribution is -2.11. The average Bonchev–Trinajstić information content (AvgIpc) is 2.16. The first kappa shape index (κ1) is 13.3. The van der Waals surface area contributed by atoms with Crippen LogP contribution in [0.5, 0.6) is 5.75 Å². The van der Waals surface area contributed by atoms with Gasteiger partial charge >= 0.3 is 0 Å². The SMILES string of the molecule is CCC(N)c1c(C)cccc1OC.Cl. The zero-order chi connectivity index (χ0) is 9.84. The molecule has 0 bridgehead atoms. The molecule has 1 aromatic rings.